The van der Waals surface area contributed by atoms with E-state index in [0.29, 0.717) is 49.5 Å². The van der Waals surface area contributed by atoms with Gasteiger partial charge in [-0.05, 0) is 48.5 Å². The first-order chi connectivity index (χ1) is 15.9. The fourth-order valence-electron chi connectivity index (χ4n) is 3.73. The van der Waals surface area contributed by atoms with E-state index >= 15 is 0 Å². The lowest BCUT2D eigenvalue weighted by atomic mass is 10.1. The molecule has 33 heavy (non-hydrogen) atoms. The molecule has 1 fully saturated rings. The van der Waals surface area contributed by atoms with Gasteiger partial charge in [0.15, 0.2) is 9.84 Å². The van der Waals surface area contributed by atoms with E-state index in [9.17, 15) is 8.42 Å². The van der Waals surface area contributed by atoms with Gasteiger partial charge in [-0.2, -0.15) is 0 Å². The topological polar surface area (TPSA) is 99.2 Å². The zero-order valence-corrected chi connectivity index (χ0v) is 18.9. The molecule has 5 rings (SSSR count). The van der Waals surface area contributed by atoms with Crippen molar-refractivity contribution in [1.82, 2.24) is 4.98 Å². The first-order valence-corrected chi connectivity index (χ1v) is 12.6. The normalized spacial score (nSPS) is 18.1. The van der Waals surface area contributed by atoms with Crippen molar-refractivity contribution < 1.29 is 27.4 Å². The first kappa shape index (κ1) is 21.5. The van der Waals surface area contributed by atoms with Crippen LogP contribution in [0.1, 0.15) is 12.1 Å². The summed E-state index contributed by atoms with van der Waals surface area (Å²) in [5.74, 6) is 2.37. The molecule has 3 heterocycles. The minimum absolute atomic E-state index is 0.0115. The molecule has 0 aliphatic carbocycles. The molecule has 172 valence electrons. The Kier molecular flexibility index (Phi) is 5.82. The minimum atomic E-state index is -3.27. The highest BCUT2D eigenvalue weighted by atomic mass is 32.2. The van der Waals surface area contributed by atoms with Crippen LogP contribution >= 0.6 is 0 Å². The van der Waals surface area contributed by atoms with E-state index in [0.717, 1.165) is 23.4 Å². The maximum atomic E-state index is 11.7. The third kappa shape index (κ3) is 5.04. The third-order valence-electron chi connectivity index (χ3n) is 5.37. The summed E-state index contributed by atoms with van der Waals surface area (Å²) in [6.07, 6.45) is 2.00. The van der Waals surface area contributed by atoms with E-state index in [-0.39, 0.29) is 11.0 Å². The minimum Gasteiger partial charge on any atom is -0.488 e. The number of aromatic nitrogens is 1. The van der Waals surface area contributed by atoms with Gasteiger partial charge < -0.3 is 23.9 Å². The second-order valence-corrected chi connectivity index (χ2v) is 9.98. The van der Waals surface area contributed by atoms with Crippen molar-refractivity contribution in [2.24, 2.45) is 4.99 Å². The molecule has 9 heteroatoms. The highest BCUT2D eigenvalue weighted by molar-refractivity contribution is 7.90. The van der Waals surface area contributed by atoms with Crippen LogP contribution in [0, 0.1) is 0 Å². The van der Waals surface area contributed by atoms with Crippen molar-refractivity contribution in [3.8, 4) is 28.5 Å². The number of H-pyrrole nitrogens is 1. The number of hydrogen-bond acceptors (Lipinski definition) is 7. The van der Waals surface area contributed by atoms with Crippen molar-refractivity contribution in [2.75, 3.05) is 32.6 Å². The van der Waals surface area contributed by atoms with Crippen molar-refractivity contribution in [3.63, 3.8) is 0 Å². The molecule has 1 saturated heterocycles. The van der Waals surface area contributed by atoms with Crippen LogP contribution in [0.4, 0.5) is 0 Å². The summed E-state index contributed by atoms with van der Waals surface area (Å²) in [7, 11) is -3.27. The molecule has 1 N–H and O–H groups in total. The molecule has 3 aromatic rings. The van der Waals surface area contributed by atoms with Crippen molar-refractivity contribution in [1.29, 1.82) is 0 Å². The number of benzene rings is 2. The molecule has 2 aliphatic rings. The molecule has 2 aliphatic heterocycles. The number of hydrogen-bond donors (Lipinski definition) is 1. The summed E-state index contributed by atoms with van der Waals surface area (Å²) in [4.78, 5) is 7.94. The zero-order chi connectivity index (χ0) is 22.8. The Balaban J connectivity index is 1.45. The molecular weight excluding hydrogens is 444 g/mol. The maximum Gasteiger partial charge on any atom is 0.233 e. The van der Waals surface area contributed by atoms with Gasteiger partial charge in [-0.15, -0.1) is 0 Å². The van der Waals surface area contributed by atoms with E-state index in [2.05, 4.69) is 9.98 Å². The lowest BCUT2D eigenvalue weighted by molar-refractivity contribution is 0.141. The van der Waals surface area contributed by atoms with Crippen molar-refractivity contribution in [3.05, 3.63) is 60.3 Å². The molecule has 0 bridgehead atoms. The zero-order valence-electron chi connectivity index (χ0n) is 18.1. The Bertz CT molecular complexity index is 1270. The van der Waals surface area contributed by atoms with Crippen molar-refractivity contribution >= 4 is 15.7 Å². The Morgan fingerprint density at radius 3 is 2.45 bits per heavy atom. The van der Waals surface area contributed by atoms with Crippen LogP contribution in [0.3, 0.4) is 0 Å². The van der Waals surface area contributed by atoms with Gasteiger partial charge in [-0.25, -0.2) is 13.4 Å². The van der Waals surface area contributed by atoms with Gasteiger partial charge in [0.25, 0.3) is 0 Å². The van der Waals surface area contributed by atoms with Gasteiger partial charge >= 0.3 is 0 Å². The fourth-order valence-corrected chi connectivity index (χ4v) is 4.36. The van der Waals surface area contributed by atoms with Crippen LogP contribution in [-0.2, 0) is 19.3 Å². The molecule has 1 atom stereocenters. The van der Waals surface area contributed by atoms with Crippen molar-refractivity contribution in [2.45, 2.75) is 17.4 Å². The SMILES string of the molecule is CS(=O)(=O)c1ccc(Oc2cc(OC3CCOC3)cc(-c3ccc(C4=NCCO4)[nH]3)c2)cc1. The monoisotopic (exact) mass is 468 g/mol. The number of ether oxygens (including phenoxy) is 4. The van der Waals surface area contributed by atoms with Crippen LogP contribution in [-0.4, -0.2) is 58.0 Å². The van der Waals surface area contributed by atoms with E-state index in [4.69, 9.17) is 18.9 Å². The van der Waals surface area contributed by atoms with Crippen LogP contribution in [0.5, 0.6) is 17.2 Å². The molecular formula is C24H24N2O6S. The molecule has 0 amide bonds. The second kappa shape index (κ2) is 8.92. The lowest BCUT2D eigenvalue weighted by Gasteiger charge is -2.15. The Hall–Kier alpha value is -3.30. The van der Waals surface area contributed by atoms with Gasteiger partial charge in [0.1, 0.15) is 35.7 Å². The number of nitrogens with zero attached hydrogens (tertiary/aromatic N) is 1. The van der Waals surface area contributed by atoms with E-state index < -0.39 is 9.84 Å². The number of aliphatic imine (C=N–C) groups is 1. The summed E-state index contributed by atoms with van der Waals surface area (Å²) >= 11 is 0. The third-order valence-corrected chi connectivity index (χ3v) is 6.50. The Morgan fingerprint density at radius 1 is 0.970 bits per heavy atom. The average molecular weight is 469 g/mol. The number of sulfone groups is 1. The molecule has 8 nitrogen and oxygen atoms in total. The maximum absolute atomic E-state index is 11.7. The predicted molar refractivity (Wildman–Crippen MR) is 123 cm³/mol. The van der Waals surface area contributed by atoms with Crippen LogP contribution in [0.15, 0.2) is 64.5 Å². The summed E-state index contributed by atoms with van der Waals surface area (Å²) in [6.45, 7) is 2.48. The molecule has 1 unspecified atom stereocenters. The Morgan fingerprint density at radius 2 is 1.76 bits per heavy atom. The number of aromatic amines is 1. The van der Waals surface area contributed by atoms with E-state index in [1.807, 2.05) is 30.3 Å². The largest absolute Gasteiger partial charge is 0.488 e. The summed E-state index contributed by atoms with van der Waals surface area (Å²) in [6, 6.07) is 15.9. The summed E-state index contributed by atoms with van der Waals surface area (Å²) in [5, 5.41) is 0. The van der Waals surface area contributed by atoms with Gasteiger partial charge in [-0.1, -0.05) is 0 Å². The average Bonchev–Trinajstić information content (AvgIpc) is 3.55. The lowest BCUT2D eigenvalue weighted by Crippen LogP contribution is -2.15. The predicted octanol–water partition coefficient (Wildman–Crippen LogP) is 3.82. The van der Waals surface area contributed by atoms with Crippen LogP contribution < -0.4 is 9.47 Å². The van der Waals surface area contributed by atoms with Crippen LogP contribution in [0.25, 0.3) is 11.3 Å². The van der Waals surface area contributed by atoms with Gasteiger partial charge in [0, 0.05) is 30.0 Å². The molecule has 0 saturated carbocycles. The highest BCUT2D eigenvalue weighted by Gasteiger charge is 2.19. The smallest absolute Gasteiger partial charge is 0.233 e. The summed E-state index contributed by atoms with van der Waals surface area (Å²) in [5.41, 5.74) is 2.56. The summed E-state index contributed by atoms with van der Waals surface area (Å²) < 4.78 is 46.6. The highest BCUT2D eigenvalue weighted by Crippen LogP contribution is 2.33. The first-order valence-electron chi connectivity index (χ1n) is 10.7. The standard InChI is InChI=1S/C24H24N2O6S/c1-33(27,28)21-4-2-17(3-5-21)31-19-12-16(13-20(14-19)32-18-8-10-29-15-18)22-6-7-23(26-22)24-25-9-11-30-24/h2-7,12-14,18,26H,8-11,15H2,1H3. The quantitative estimate of drug-likeness (QED) is 0.566. The second-order valence-electron chi connectivity index (χ2n) is 7.96. The van der Waals surface area contributed by atoms with Gasteiger partial charge in [-0.3, -0.25) is 0 Å². The molecule has 0 radical (unpaired) electrons. The number of rotatable bonds is 7. The fraction of sp³-hybridized carbons (Fsp3) is 0.292. The van der Waals surface area contributed by atoms with Gasteiger partial charge in [0.05, 0.1) is 24.7 Å². The molecule has 0 spiro atoms. The number of nitrogens with one attached hydrogen (secondary N) is 1. The van der Waals surface area contributed by atoms with E-state index in [1.165, 1.54) is 18.4 Å². The van der Waals surface area contributed by atoms with Gasteiger partial charge in [0.2, 0.25) is 5.90 Å². The van der Waals surface area contributed by atoms with E-state index in [1.54, 1.807) is 12.1 Å². The Labute approximate surface area is 192 Å². The van der Waals surface area contributed by atoms with Crippen LogP contribution in [0.2, 0.25) is 0 Å². The molecule has 2 aromatic carbocycles. The molecule has 1 aromatic heterocycles.